The Labute approximate surface area is 173 Å². The second kappa shape index (κ2) is 10.3. The molecule has 148 valence electrons. The monoisotopic (exact) mass is 418 g/mol. The van der Waals surface area contributed by atoms with Gasteiger partial charge < -0.3 is 14.2 Å². The fraction of sp³-hybridized carbons (Fsp3) is 0.300. The van der Waals surface area contributed by atoms with Crippen molar-refractivity contribution < 1.29 is 19.0 Å². The second-order valence-electron chi connectivity index (χ2n) is 5.83. The van der Waals surface area contributed by atoms with E-state index in [4.69, 9.17) is 14.2 Å². The highest BCUT2D eigenvalue weighted by Gasteiger charge is 2.17. The second-order valence-corrected chi connectivity index (χ2v) is 8.56. The van der Waals surface area contributed by atoms with E-state index in [-0.39, 0.29) is 12.5 Å². The summed E-state index contributed by atoms with van der Waals surface area (Å²) in [5.41, 5.74) is 4.45. The van der Waals surface area contributed by atoms with Crippen molar-refractivity contribution in [2.24, 2.45) is 5.10 Å². The average Bonchev–Trinajstić information content (AvgIpc) is 3.27. The van der Waals surface area contributed by atoms with E-state index in [0.717, 1.165) is 5.56 Å². The molecular weight excluding hydrogens is 396 g/mol. The SMILES string of the molecule is COc1ccc(/C=N\NC(=O)COc2ccc(C3SCCS3)cc2)c(OC)c1. The first-order valence-electron chi connectivity index (χ1n) is 8.69. The predicted octanol–water partition coefficient (Wildman–Crippen LogP) is 3.71. The van der Waals surface area contributed by atoms with Gasteiger partial charge in [-0.25, -0.2) is 5.43 Å². The minimum absolute atomic E-state index is 0.108. The Morgan fingerprint density at radius 1 is 1.11 bits per heavy atom. The lowest BCUT2D eigenvalue weighted by atomic mass is 10.2. The topological polar surface area (TPSA) is 69.2 Å². The molecule has 1 N–H and O–H groups in total. The molecule has 1 fully saturated rings. The Kier molecular flexibility index (Phi) is 7.50. The summed E-state index contributed by atoms with van der Waals surface area (Å²) in [6.45, 7) is -0.108. The van der Waals surface area contributed by atoms with Crippen molar-refractivity contribution in [1.29, 1.82) is 0 Å². The van der Waals surface area contributed by atoms with E-state index in [1.807, 2.05) is 35.7 Å². The molecule has 6 nitrogen and oxygen atoms in total. The summed E-state index contributed by atoms with van der Waals surface area (Å²) in [6, 6.07) is 13.2. The average molecular weight is 419 g/mol. The van der Waals surface area contributed by atoms with Crippen LogP contribution in [0.4, 0.5) is 0 Å². The first-order chi connectivity index (χ1) is 13.7. The molecule has 1 saturated heterocycles. The number of hydrazone groups is 1. The Hall–Kier alpha value is -2.32. The molecule has 0 saturated carbocycles. The summed E-state index contributed by atoms with van der Waals surface area (Å²) in [6.07, 6.45) is 1.52. The van der Waals surface area contributed by atoms with Gasteiger partial charge in [0.25, 0.3) is 5.91 Å². The summed E-state index contributed by atoms with van der Waals surface area (Å²) < 4.78 is 16.5. The summed E-state index contributed by atoms with van der Waals surface area (Å²) >= 11 is 3.92. The Morgan fingerprint density at radius 3 is 2.50 bits per heavy atom. The maximum absolute atomic E-state index is 11.9. The van der Waals surface area contributed by atoms with E-state index in [0.29, 0.717) is 21.8 Å². The van der Waals surface area contributed by atoms with Crippen LogP contribution < -0.4 is 19.6 Å². The van der Waals surface area contributed by atoms with E-state index in [2.05, 4.69) is 22.7 Å². The minimum atomic E-state index is -0.338. The van der Waals surface area contributed by atoms with Gasteiger partial charge in [-0.15, -0.1) is 23.5 Å². The predicted molar refractivity (Wildman–Crippen MR) is 115 cm³/mol. The molecular formula is C20H22N2O4S2. The number of hydrogen-bond acceptors (Lipinski definition) is 7. The Morgan fingerprint density at radius 2 is 1.82 bits per heavy atom. The van der Waals surface area contributed by atoms with Gasteiger partial charge in [0.1, 0.15) is 17.2 Å². The van der Waals surface area contributed by atoms with Crippen LogP contribution in [0.1, 0.15) is 15.7 Å². The molecule has 0 radical (unpaired) electrons. The van der Waals surface area contributed by atoms with Gasteiger partial charge in [-0.3, -0.25) is 4.79 Å². The number of methoxy groups -OCH3 is 2. The number of carbonyl (C=O) groups is 1. The van der Waals surface area contributed by atoms with Crippen molar-refractivity contribution >= 4 is 35.6 Å². The molecule has 0 spiro atoms. The number of nitrogens with zero attached hydrogens (tertiary/aromatic N) is 1. The number of nitrogens with one attached hydrogen (secondary N) is 1. The first-order valence-corrected chi connectivity index (χ1v) is 10.8. The fourth-order valence-electron chi connectivity index (χ4n) is 2.55. The first kappa shape index (κ1) is 20.4. The molecule has 0 bridgehead atoms. The van der Waals surface area contributed by atoms with E-state index in [1.54, 1.807) is 32.4 Å². The van der Waals surface area contributed by atoms with Gasteiger partial charge in [-0.05, 0) is 29.8 Å². The summed E-state index contributed by atoms with van der Waals surface area (Å²) in [5, 5.41) is 3.95. The molecule has 1 aliphatic heterocycles. The fourth-order valence-corrected chi connectivity index (χ4v) is 5.41. The summed E-state index contributed by atoms with van der Waals surface area (Å²) in [4.78, 5) is 11.9. The van der Waals surface area contributed by atoms with Crippen LogP contribution in [0.25, 0.3) is 0 Å². The maximum Gasteiger partial charge on any atom is 0.277 e. The quantitative estimate of drug-likeness (QED) is 0.521. The molecule has 3 rings (SSSR count). The minimum Gasteiger partial charge on any atom is -0.497 e. The number of amides is 1. The zero-order chi connectivity index (χ0) is 19.8. The van der Waals surface area contributed by atoms with Gasteiger partial charge in [0.15, 0.2) is 6.61 Å². The lowest BCUT2D eigenvalue weighted by Crippen LogP contribution is -2.24. The highest BCUT2D eigenvalue weighted by atomic mass is 32.2. The number of thioether (sulfide) groups is 2. The van der Waals surface area contributed by atoms with Crippen LogP contribution in [0.3, 0.4) is 0 Å². The molecule has 0 aromatic heterocycles. The highest BCUT2D eigenvalue weighted by molar-refractivity contribution is 8.19. The van der Waals surface area contributed by atoms with Gasteiger partial charge in [-0.2, -0.15) is 5.10 Å². The third-order valence-corrected chi connectivity index (χ3v) is 7.08. The van der Waals surface area contributed by atoms with Crippen LogP contribution in [-0.2, 0) is 4.79 Å². The maximum atomic E-state index is 11.9. The van der Waals surface area contributed by atoms with Crippen LogP contribution in [-0.4, -0.2) is 44.5 Å². The molecule has 0 unspecified atom stereocenters. The molecule has 0 aliphatic carbocycles. The third kappa shape index (κ3) is 5.59. The zero-order valence-electron chi connectivity index (χ0n) is 15.7. The standard InChI is InChI=1S/C20H22N2O4S2/c1-24-17-8-5-15(18(11-17)25-2)12-21-22-19(23)13-26-16-6-3-14(4-7-16)20-27-9-10-28-20/h3-8,11-12,20H,9-10,13H2,1-2H3,(H,22,23)/b21-12-. The molecule has 1 aliphatic rings. The molecule has 1 heterocycles. The van der Waals surface area contributed by atoms with Crippen molar-refractivity contribution in [2.45, 2.75) is 4.58 Å². The molecule has 2 aromatic carbocycles. The molecule has 1 amide bonds. The van der Waals surface area contributed by atoms with Crippen molar-refractivity contribution in [3.8, 4) is 17.2 Å². The number of benzene rings is 2. The van der Waals surface area contributed by atoms with Crippen LogP contribution in [0.2, 0.25) is 0 Å². The van der Waals surface area contributed by atoms with Crippen molar-refractivity contribution in [1.82, 2.24) is 5.43 Å². The van der Waals surface area contributed by atoms with Gasteiger partial charge in [0.2, 0.25) is 0 Å². The van der Waals surface area contributed by atoms with Crippen molar-refractivity contribution in [3.63, 3.8) is 0 Å². The molecule has 28 heavy (non-hydrogen) atoms. The van der Waals surface area contributed by atoms with Gasteiger partial charge in [0.05, 0.1) is 25.0 Å². The van der Waals surface area contributed by atoms with E-state index in [1.165, 1.54) is 23.3 Å². The van der Waals surface area contributed by atoms with E-state index >= 15 is 0 Å². The number of carbonyl (C=O) groups excluding carboxylic acids is 1. The van der Waals surface area contributed by atoms with Gasteiger partial charge in [0, 0.05) is 23.1 Å². The lowest BCUT2D eigenvalue weighted by Gasteiger charge is -2.10. The third-order valence-electron chi connectivity index (χ3n) is 3.98. The van der Waals surface area contributed by atoms with Gasteiger partial charge in [-0.1, -0.05) is 12.1 Å². The van der Waals surface area contributed by atoms with E-state index in [9.17, 15) is 4.79 Å². The van der Waals surface area contributed by atoms with Crippen LogP contribution in [0.15, 0.2) is 47.6 Å². The lowest BCUT2D eigenvalue weighted by molar-refractivity contribution is -0.123. The normalized spacial score (nSPS) is 14.2. The van der Waals surface area contributed by atoms with Crippen LogP contribution in [0, 0.1) is 0 Å². The summed E-state index contributed by atoms with van der Waals surface area (Å²) in [7, 11) is 3.15. The molecule has 8 heteroatoms. The van der Waals surface area contributed by atoms with Crippen LogP contribution >= 0.6 is 23.5 Å². The van der Waals surface area contributed by atoms with Crippen molar-refractivity contribution in [3.05, 3.63) is 53.6 Å². The number of ether oxygens (including phenoxy) is 3. The Bertz CT molecular complexity index is 821. The summed E-state index contributed by atoms with van der Waals surface area (Å²) in [5.74, 6) is 3.99. The highest BCUT2D eigenvalue weighted by Crippen LogP contribution is 2.45. The molecule has 0 atom stereocenters. The largest absolute Gasteiger partial charge is 0.497 e. The smallest absolute Gasteiger partial charge is 0.277 e. The van der Waals surface area contributed by atoms with E-state index < -0.39 is 0 Å². The van der Waals surface area contributed by atoms with Crippen LogP contribution in [0.5, 0.6) is 17.2 Å². The Balaban J connectivity index is 1.47. The molecule has 2 aromatic rings. The number of rotatable bonds is 8. The van der Waals surface area contributed by atoms with Gasteiger partial charge >= 0.3 is 0 Å². The zero-order valence-corrected chi connectivity index (χ0v) is 17.3. The van der Waals surface area contributed by atoms with Crippen molar-refractivity contribution in [2.75, 3.05) is 32.3 Å². The number of hydrogen-bond donors (Lipinski definition) is 1.